The summed E-state index contributed by atoms with van der Waals surface area (Å²) in [6.45, 7) is 1.18. The average Bonchev–Trinajstić information content (AvgIpc) is 2.38. The van der Waals surface area contributed by atoms with E-state index in [2.05, 4.69) is 0 Å². The standard InChI is InChI=1S/C13H18N2O4S/c1-10(16)11-5-7-12(8-6-11)20(18,19)15(4)9-13(17)14(2)3/h5-8H,9H2,1-4H3. The molecule has 1 rings (SSSR count). The van der Waals surface area contributed by atoms with Gasteiger partial charge in [-0.05, 0) is 19.1 Å². The maximum atomic E-state index is 12.2. The first-order valence-electron chi connectivity index (χ1n) is 5.93. The van der Waals surface area contributed by atoms with Gasteiger partial charge >= 0.3 is 0 Å². The second-order valence-corrected chi connectivity index (χ2v) is 6.67. The van der Waals surface area contributed by atoms with Crippen LogP contribution in [0.1, 0.15) is 17.3 Å². The summed E-state index contributed by atoms with van der Waals surface area (Å²) in [4.78, 5) is 24.1. The SMILES string of the molecule is CC(=O)c1ccc(S(=O)(=O)N(C)CC(=O)N(C)C)cc1. The summed E-state index contributed by atoms with van der Waals surface area (Å²) in [5.74, 6) is -0.443. The highest BCUT2D eigenvalue weighted by Crippen LogP contribution is 2.15. The van der Waals surface area contributed by atoms with E-state index < -0.39 is 10.0 Å². The Labute approximate surface area is 119 Å². The molecule has 0 saturated heterocycles. The Hall–Kier alpha value is -1.73. The molecule has 0 atom stereocenters. The van der Waals surface area contributed by atoms with Crippen molar-refractivity contribution in [3.05, 3.63) is 29.8 Å². The van der Waals surface area contributed by atoms with Crippen molar-refractivity contribution in [3.63, 3.8) is 0 Å². The number of carbonyl (C=O) groups is 2. The van der Waals surface area contributed by atoms with E-state index in [4.69, 9.17) is 0 Å². The second kappa shape index (κ2) is 6.15. The molecule has 6 nitrogen and oxygen atoms in total. The zero-order valence-electron chi connectivity index (χ0n) is 12.0. The number of rotatable bonds is 5. The van der Waals surface area contributed by atoms with Crippen LogP contribution in [0.4, 0.5) is 0 Å². The minimum atomic E-state index is -3.74. The number of ketones is 1. The highest BCUT2D eigenvalue weighted by Gasteiger charge is 2.23. The Bertz CT molecular complexity index is 606. The van der Waals surface area contributed by atoms with Crippen molar-refractivity contribution >= 4 is 21.7 Å². The van der Waals surface area contributed by atoms with Crippen LogP contribution in [0.3, 0.4) is 0 Å². The van der Waals surface area contributed by atoms with Crippen LogP contribution in [-0.4, -0.2) is 57.0 Å². The molecule has 0 bridgehead atoms. The van der Waals surface area contributed by atoms with Gasteiger partial charge in [-0.25, -0.2) is 8.42 Å². The Balaban J connectivity index is 2.98. The van der Waals surface area contributed by atoms with Crippen molar-refractivity contribution in [2.75, 3.05) is 27.7 Å². The van der Waals surface area contributed by atoms with Crippen LogP contribution in [-0.2, 0) is 14.8 Å². The fourth-order valence-electron chi connectivity index (χ4n) is 1.46. The largest absolute Gasteiger partial charge is 0.348 e. The molecule has 0 fully saturated rings. The van der Waals surface area contributed by atoms with Crippen molar-refractivity contribution in [1.82, 2.24) is 9.21 Å². The number of hydrogen-bond acceptors (Lipinski definition) is 4. The van der Waals surface area contributed by atoms with Gasteiger partial charge in [-0.15, -0.1) is 0 Å². The van der Waals surface area contributed by atoms with E-state index in [1.54, 1.807) is 14.1 Å². The van der Waals surface area contributed by atoms with Crippen LogP contribution in [0.2, 0.25) is 0 Å². The highest BCUT2D eigenvalue weighted by atomic mass is 32.2. The van der Waals surface area contributed by atoms with Crippen LogP contribution in [0, 0.1) is 0 Å². The fourth-order valence-corrected chi connectivity index (χ4v) is 2.58. The van der Waals surface area contributed by atoms with Crippen molar-refractivity contribution in [3.8, 4) is 0 Å². The van der Waals surface area contributed by atoms with Crippen LogP contribution in [0.5, 0.6) is 0 Å². The van der Waals surface area contributed by atoms with Crippen molar-refractivity contribution in [1.29, 1.82) is 0 Å². The topological polar surface area (TPSA) is 74.8 Å². The van der Waals surface area contributed by atoms with E-state index >= 15 is 0 Å². The first kappa shape index (κ1) is 16.3. The normalized spacial score (nSPS) is 11.4. The van der Waals surface area contributed by atoms with Gasteiger partial charge in [0.2, 0.25) is 15.9 Å². The molecule has 7 heteroatoms. The van der Waals surface area contributed by atoms with Gasteiger partial charge in [-0.1, -0.05) is 12.1 Å². The van der Waals surface area contributed by atoms with Gasteiger partial charge in [-0.2, -0.15) is 4.31 Å². The molecule has 0 spiro atoms. The molecule has 1 aromatic carbocycles. The minimum absolute atomic E-state index is 0.0524. The molecule has 0 unspecified atom stereocenters. The number of Topliss-reactive ketones (excluding diaryl/α,β-unsaturated/α-hetero) is 1. The molecule has 0 aromatic heterocycles. The summed E-state index contributed by atoms with van der Waals surface area (Å²) >= 11 is 0. The van der Waals surface area contributed by atoms with E-state index in [0.717, 1.165) is 4.31 Å². The zero-order chi connectivity index (χ0) is 15.5. The van der Waals surface area contributed by atoms with Gasteiger partial charge in [0.05, 0.1) is 11.4 Å². The Morgan fingerprint density at radius 3 is 1.95 bits per heavy atom. The molecule has 1 aromatic rings. The van der Waals surface area contributed by atoms with Crippen molar-refractivity contribution in [2.24, 2.45) is 0 Å². The summed E-state index contributed by atoms with van der Waals surface area (Å²) < 4.78 is 25.5. The number of sulfonamides is 1. The molecule has 0 aliphatic carbocycles. The van der Waals surface area contributed by atoms with Gasteiger partial charge in [0, 0.05) is 26.7 Å². The summed E-state index contributed by atoms with van der Waals surface area (Å²) in [6.07, 6.45) is 0. The molecule has 20 heavy (non-hydrogen) atoms. The molecule has 0 saturated carbocycles. The molecular weight excluding hydrogens is 280 g/mol. The van der Waals surface area contributed by atoms with Crippen LogP contribution >= 0.6 is 0 Å². The molecule has 0 aliphatic rings. The van der Waals surface area contributed by atoms with Crippen molar-refractivity contribution < 1.29 is 18.0 Å². The third kappa shape index (κ3) is 3.64. The number of hydrogen-bond donors (Lipinski definition) is 0. The van der Waals surface area contributed by atoms with Crippen LogP contribution in [0.15, 0.2) is 29.2 Å². The van der Waals surface area contributed by atoms with Gasteiger partial charge < -0.3 is 4.90 Å². The van der Waals surface area contributed by atoms with Gasteiger partial charge in [-0.3, -0.25) is 9.59 Å². The second-order valence-electron chi connectivity index (χ2n) is 4.63. The lowest BCUT2D eigenvalue weighted by atomic mass is 10.2. The predicted octanol–water partition coefficient (Wildman–Crippen LogP) is 0.598. The third-order valence-electron chi connectivity index (χ3n) is 2.83. The van der Waals surface area contributed by atoms with Crippen LogP contribution < -0.4 is 0 Å². The average molecular weight is 298 g/mol. The molecule has 0 heterocycles. The zero-order valence-corrected chi connectivity index (χ0v) is 12.8. The fraction of sp³-hybridized carbons (Fsp3) is 0.385. The van der Waals surface area contributed by atoms with E-state index in [0.29, 0.717) is 5.56 Å². The lowest BCUT2D eigenvalue weighted by Crippen LogP contribution is -2.37. The number of amides is 1. The summed E-state index contributed by atoms with van der Waals surface area (Å²) in [5, 5.41) is 0. The summed E-state index contributed by atoms with van der Waals surface area (Å²) in [7, 11) is 0.727. The Morgan fingerprint density at radius 1 is 1.05 bits per heavy atom. The molecule has 0 aliphatic heterocycles. The van der Waals surface area contributed by atoms with E-state index in [1.165, 1.54) is 43.1 Å². The lowest BCUT2D eigenvalue weighted by Gasteiger charge is -2.19. The quantitative estimate of drug-likeness (QED) is 0.746. The van der Waals surface area contributed by atoms with Gasteiger partial charge in [0.1, 0.15) is 0 Å². The van der Waals surface area contributed by atoms with E-state index in [-0.39, 0.29) is 23.1 Å². The maximum absolute atomic E-state index is 12.2. The summed E-state index contributed by atoms with van der Waals surface area (Å²) in [6, 6.07) is 5.64. The molecular formula is C13H18N2O4S. The van der Waals surface area contributed by atoms with Gasteiger partial charge in [0.15, 0.2) is 5.78 Å². The minimum Gasteiger partial charge on any atom is -0.348 e. The lowest BCUT2D eigenvalue weighted by molar-refractivity contribution is -0.128. The molecule has 1 amide bonds. The third-order valence-corrected chi connectivity index (χ3v) is 4.64. The van der Waals surface area contributed by atoms with Gasteiger partial charge in [0.25, 0.3) is 0 Å². The van der Waals surface area contributed by atoms with Crippen molar-refractivity contribution in [2.45, 2.75) is 11.8 Å². The van der Waals surface area contributed by atoms with E-state index in [9.17, 15) is 18.0 Å². The number of benzene rings is 1. The first-order valence-corrected chi connectivity index (χ1v) is 7.37. The first-order chi connectivity index (χ1) is 9.16. The Kier molecular flexibility index (Phi) is 5.02. The number of carbonyl (C=O) groups excluding carboxylic acids is 2. The maximum Gasteiger partial charge on any atom is 0.243 e. The Morgan fingerprint density at radius 2 is 1.55 bits per heavy atom. The molecule has 110 valence electrons. The monoisotopic (exact) mass is 298 g/mol. The van der Waals surface area contributed by atoms with Crippen LogP contribution in [0.25, 0.3) is 0 Å². The molecule has 0 radical (unpaired) electrons. The number of likely N-dealkylation sites (N-methyl/N-ethyl adjacent to an activating group) is 2. The summed E-state index contributed by atoms with van der Waals surface area (Å²) in [5.41, 5.74) is 0.441. The smallest absolute Gasteiger partial charge is 0.243 e. The molecule has 0 N–H and O–H groups in total. The highest BCUT2D eigenvalue weighted by molar-refractivity contribution is 7.89. The predicted molar refractivity (Wildman–Crippen MR) is 75.0 cm³/mol. The number of nitrogens with zero attached hydrogens (tertiary/aromatic N) is 2. The van der Waals surface area contributed by atoms with E-state index in [1.807, 2.05) is 0 Å².